The molecule has 1 fully saturated rings. The molecule has 1 aromatic heterocycles. The molecule has 2 rings (SSSR count). The number of hydrogen-bond donors (Lipinski definition) is 1. The summed E-state index contributed by atoms with van der Waals surface area (Å²) in [5.74, 6) is 2.70. The maximum atomic E-state index is 5.69. The van der Waals surface area contributed by atoms with Crippen LogP contribution in [-0.2, 0) is 4.74 Å². The molecule has 0 aromatic carbocycles. The molecule has 2 unspecified atom stereocenters. The fourth-order valence-electron chi connectivity index (χ4n) is 2.16. The van der Waals surface area contributed by atoms with Crippen molar-refractivity contribution in [2.45, 2.75) is 39.7 Å². The van der Waals surface area contributed by atoms with Gasteiger partial charge in [-0.3, -0.25) is 0 Å². The summed E-state index contributed by atoms with van der Waals surface area (Å²) in [6.07, 6.45) is -0.0702. The number of rotatable bonds is 6. The van der Waals surface area contributed by atoms with Crippen LogP contribution >= 0.6 is 0 Å². The fraction of sp³-hybridized carbons (Fsp3) is 0.846. The van der Waals surface area contributed by atoms with Crippen LogP contribution in [0.15, 0.2) is 4.52 Å². The summed E-state index contributed by atoms with van der Waals surface area (Å²) >= 11 is 0. The van der Waals surface area contributed by atoms with E-state index in [0.717, 1.165) is 19.0 Å². The van der Waals surface area contributed by atoms with Crippen LogP contribution in [0.25, 0.3) is 0 Å². The van der Waals surface area contributed by atoms with E-state index >= 15 is 0 Å². The second-order valence-electron chi connectivity index (χ2n) is 5.32. The van der Waals surface area contributed by atoms with Crippen molar-refractivity contribution in [3.63, 3.8) is 0 Å². The van der Waals surface area contributed by atoms with Gasteiger partial charge in [-0.1, -0.05) is 25.9 Å². The molecule has 1 aliphatic heterocycles. The average molecular weight is 253 g/mol. The first-order chi connectivity index (χ1) is 8.63. The van der Waals surface area contributed by atoms with Gasteiger partial charge >= 0.3 is 0 Å². The van der Waals surface area contributed by atoms with Crippen molar-refractivity contribution >= 4 is 0 Å². The summed E-state index contributed by atoms with van der Waals surface area (Å²) in [6, 6.07) is 0. The molecule has 0 spiro atoms. The molecule has 1 N–H and O–H groups in total. The van der Waals surface area contributed by atoms with E-state index in [0.29, 0.717) is 30.2 Å². The summed E-state index contributed by atoms with van der Waals surface area (Å²) in [6.45, 7) is 11.1. The van der Waals surface area contributed by atoms with Gasteiger partial charge in [-0.15, -0.1) is 0 Å². The van der Waals surface area contributed by atoms with E-state index < -0.39 is 0 Å². The zero-order valence-electron chi connectivity index (χ0n) is 11.6. The highest BCUT2D eigenvalue weighted by Crippen LogP contribution is 2.29. The van der Waals surface area contributed by atoms with Gasteiger partial charge in [-0.25, -0.2) is 0 Å². The summed E-state index contributed by atoms with van der Waals surface area (Å²) in [5.41, 5.74) is 0. The molecule has 2 atom stereocenters. The largest absolute Gasteiger partial charge is 0.370 e. The van der Waals surface area contributed by atoms with Crippen LogP contribution in [0.5, 0.6) is 0 Å². The minimum Gasteiger partial charge on any atom is -0.370 e. The molecule has 0 saturated carbocycles. The third kappa shape index (κ3) is 2.72. The highest BCUT2D eigenvalue weighted by atomic mass is 16.5. The van der Waals surface area contributed by atoms with Crippen LogP contribution in [-0.4, -0.2) is 29.8 Å². The molecular weight excluding hydrogens is 230 g/mol. The molecule has 5 nitrogen and oxygen atoms in total. The molecule has 0 aliphatic carbocycles. The van der Waals surface area contributed by atoms with Crippen molar-refractivity contribution in [3.05, 3.63) is 11.7 Å². The van der Waals surface area contributed by atoms with Gasteiger partial charge in [0, 0.05) is 12.5 Å². The van der Waals surface area contributed by atoms with Crippen LogP contribution in [0.1, 0.15) is 51.4 Å². The van der Waals surface area contributed by atoms with Crippen LogP contribution in [0.2, 0.25) is 0 Å². The monoisotopic (exact) mass is 253 g/mol. The summed E-state index contributed by atoms with van der Waals surface area (Å²) < 4.78 is 11.1. The van der Waals surface area contributed by atoms with E-state index in [1.54, 1.807) is 0 Å². The van der Waals surface area contributed by atoms with Crippen molar-refractivity contribution in [3.8, 4) is 0 Å². The maximum absolute atomic E-state index is 5.69. The van der Waals surface area contributed by atoms with Crippen molar-refractivity contribution in [1.29, 1.82) is 0 Å². The molecule has 5 heteroatoms. The SMILES string of the molecule is CCOC(c1noc(C(C)C2CNC2)n1)C(C)C. The second kappa shape index (κ2) is 5.80. The summed E-state index contributed by atoms with van der Waals surface area (Å²) in [4.78, 5) is 4.52. The lowest BCUT2D eigenvalue weighted by Crippen LogP contribution is -2.44. The standard InChI is InChI=1S/C13H23N3O2/c1-5-17-11(8(2)3)12-15-13(18-16-12)9(4)10-6-14-7-10/h8-11,14H,5-7H2,1-4H3. The van der Waals surface area contributed by atoms with Gasteiger partial charge in [0.2, 0.25) is 11.7 Å². The maximum Gasteiger partial charge on any atom is 0.229 e. The summed E-state index contributed by atoms with van der Waals surface area (Å²) in [5, 5.41) is 7.35. The summed E-state index contributed by atoms with van der Waals surface area (Å²) in [7, 11) is 0. The first-order valence-electron chi connectivity index (χ1n) is 6.79. The molecule has 1 aliphatic rings. The quantitative estimate of drug-likeness (QED) is 0.841. The Morgan fingerprint density at radius 2 is 2.11 bits per heavy atom. The van der Waals surface area contributed by atoms with Crippen LogP contribution < -0.4 is 5.32 Å². The molecule has 0 bridgehead atoms. The topological polar surface area (TPSA) is 60.2 Å². The predicted molar refractivity (Wildman–Crippen MR) is 68.3 cm³/mol. The number of aromatic nitrogens is 2. The van der Waals surface area contributed by atoms with E-state index in [9.17, 15) is 0 Å². The van der Waals surface area contributed by atoms with Gasteiger partial charge in [0.1, 0.15) is 6.10 Å². The minimum absolute atomic E-state index is 0.0702. The zero-order valence-corrected chi connectivity index (χ0v) is 11.6. The van der Waals surface area contributed by atoms with Gasteiger partial charge in [0.05, 0.1) is 0 Å². The highest BCUT2D eigenvalue weighted by molar-refractivity contribution is 5.00. The number of nitrogens with zero attached hydrogens (tertiary/aromatic N) is 2. The second-order valence-corrected chi connectivity index (χ2v) is 5.32. The lowest BCUT2D eigenvalue weighted by Gasteiger charge is -2.30. The first-order valence-corrected chi connectivity index (χ1v) is 6.79. The Balaban J connectivity index is 2.07. The van der Waals surface area contributed by atoms with E-state index in [1.165, 1.54) is 0 Å². The molecule has 18 heavy (non-hydrogen) atoms. The molecule has 2 heterocycles. The molecule has 1 saturated heterocycles. The zero-order chi connectivity index (χ0) is 13.1. The Morgan fingerprint density at radius 3 is 2.61 bits per heavy atom. The lowest BCUT2D eigenvalue weighted by atomic mass is 9.89. The van der Waals surface area contributed by atoms with Crippen LogP contribution in [0.4, 0.5) is 0 Å². The van der Waals surface area contributed by atoms with Gasteiger partial charge in [-0.05, 0) is 31.8 Å². The van der Waals surface area contributed by atoms with Crippen molar-refractivity contribution < 1.29 is 9.26 Å². The Morgan fingerprint density at radius 1 is 1.39 bits per heavy atom. The van der Waals surface area contributed by atoms with Gasteiger partial charge < -0.3 is 14.6 Å². The minimum atomic E-state index is -0.0702. The number of ether oxygens (including phenoxy) is 1. The molecule has 0 amide bonds. The van der Waals surface area contributed by atoms with E-state index in [-0.39, 0.29) is 6.10 Å². The number of hydrogen-bond acceptors (Lipinski definition) is 5. The molecule has 1 aromatic rings. The lowest BCUT2D eigenvalue weighted by molar-refractivity contribution is 0.0217. The van der Waals surface area contributed by atoms with E-state index in [1.807, 2.05) is 6.92 Å². The first kappa shape index (κ1) is 13.5. The normalized spacial score (nSPS) is 19.8. The Kier molecular flexibility index (Phi) is 4.35. The Hall–Kier alpha value is -0.940. The smallest absolute Gasteiger partial charge is 0.229 e. The van der Waals surface area contributed by atoms with E-state index in [2.05, 4.69) is 36.2 Å². The van der Waals surface area contributed by atoms with Crippen molar-refractivity contribution in [1.82, 2.24) is 15.5 Å². The molecule has 102 valence electrons. The third-order valence-corrected chi connectivity index (χ3v) is 3.57. The Labute approximate surface area is 108 Å². The predicted octanol–water partition coefficient (Wildman–Crippen LogP) is 2.13. The highest BCUT2D eigenvalue weighted by Gasteiger charge is 2.30. The third-order valence-electron chi connectivity index (χ3n) is 3.57. The number of nitrogens with one attached hydrogen (secondary N) is 1. The van der Waals surface area contributed by atoms with Crippen LogP contribution in [0.3, 0.4) is 0 Å². The van der Waals surface area contributed by atoms with Crippen molar-refractivity contribution in [2.75, 3.05) is 19.7 Å². The molecule has 0 radical (unpaired) electrons. The Bertz CT molecular complexity index is 374. The van der Waals surface area contributed by atoms with E-state index in [4.69, 9.17) is 9.26 Å². The van der Waals surface area contributed by atoms with Gasteiger partial charge in [-0.2, -0.15) is 4.98 Å². The van der Waals surface area contributed by atoms with Gasteiger partial charge in [0.25, 0.3) is 0 Å². The molecular formula is C13H23N3O2. The average Bonchev–Trinajstić information content (AvgIpc) is 2.71. The van der Waals surface area contributed by atoms with Crippen molar-refractivity contribution in [2.24, 2.45) is 11.8 Å². The van der Waals surface area contributed by atoms with Gasteiger partial charge in [0.15, 0.2) is 0 Å². The fourth-order valence-corrected chi connectivity index (χ4v) is 2.16. The van der Waals surface area contributed by atoms with Crippen LogP contribution in [0, 0.1) is 11.8 Å².